The molecule has 6 nitrogen and oxygen atoms in total. The maximum absolute atomic E-state index is 9.65. The molecule has 4 N–H and O–H groups in total. The van der Waals surface area contributed by atoms with Gasteiger partial charge in [0.15, 0.2) is 23.0 Å². The van der Waals surface area contributed by atoms with Crippen molar-refractivity contribution < 1.29 is 20.4 Å². The SMILES string of the molecule is CN(C)CCN(Cc1ccc(O)c(O)c1)Cc1ccc(O)c(O)c1. The van der Waals surface area contributed by atoms with Crippen molar-refractivity contribution in [1.82, 2.24) is 9.80 Å². The average Bonchev–Trinajstić information content (AvgIpc) is 2.52. The molecule has 0 radical (unpaired) electrons. The van der Waals surface area contributed by atoms with Crippen LogP contribution in [-0.2, 0) is 13.1 Å². The zero-order chi connectivity index (χ0) is 17.7. The number of benzene rings is 2. The monoisotopic (exact) mass is 332 g/mol. The molecule has 0 aliphatic heterocycles. The summed E-state index contributed by atoms with van der Waals surface area (Å²) < 4.78 is 0. The molecule has 0 amide bonds. The number of nitrogens with zero attached hydrogens (tertiary/aromatic N) is 2. The van der Waals surface area contributed by atoms with Gasteiger partial charge < -0.3 is 25.3 Å². The zero-order valence-corrected chi connectivity index (χ0v) is 14.0. The Morgan fingerprint density at radius 3 is 1.50 bits per heavy atom. The molecule has 2 aromatic rings. The summed E-state index contributed by atoms with van der Waals surface area (Å²) in [6, 6.07) is 9.58. The van der Waals surface area contributed by atoms with Gasteiger partial charge in [0.05, 0.1) is 0 Å². The van der Waals surface area contributed by atoms with Crippen molar-refractivity contribution in [2.24, 2.45) is 0 Å². The molecular weight excluding hydrogens is 308 g/mol. The predicted molar refractivity (Wildman–Crippen MR) is 92.2 cm³/mol. The van der Waals surface area contributed by atoms with Crippen molar-refractivity contribution in [2.75, 3.05) is 27.2 Å². The molecule has 0 saturated heterocycles. The van der Waals surface area contributed by atoms with E-state index in [-0.39, 0.29) is 23.0 Å². The predicted octanol–water partition coefficient (Wildman–Crippen LogP) is 2.07. The summed E-state index contributed by atoms with van der Waals surface area (Å²) in [6.45, 7) is 2.82. The summed E-state index contributed by atoms with van der Waals surface area (Å²) in [5.74, 6) is -0.547. The fourth-order valence-electron chi connectivity index (χ4n) is 2.41. The highest BCUT2D eigenvalue weighted by atomic mass is 16.3. The van der Waals surface area contributed by atoms with Gasteiger partial charge in [0.25, 0.3) is 0 Å². The van der Waals surface area contributed by atoms with E-state index in [0.29, 0.717) is 13.1 Å². The molecule has 0 unspecified atom stereocenters. The quantitative estimate of drug-likeness (QED) is 0.581. The van der Waals surface area contributed by atoms with Crippen LogP contribution in [0, 0.1) is 0 Å². The highest BCUT2D eigenvalue weighted by Gasteiger charge is 2.11. The Hall–Kier alpha value is -2.44. The van der Waals surface area contributed by atoms with E-state index in [9.17, 15) is 20.4 Å². The Balaban J connectivity index is 2.13. The van der Waals surface area contributed by atoms with E-state index in [1.54, 1.807) is 24.3 Å². The van der Waals surface area contributed by atoms with E-state index < -0.39 is 0 Å². The van der Waals surface area contributed by atoms with Crippen LogP contribution < -0.4 is 0 Å². The van der Waals surface area contributed by atoms with Gasteiger partial charge in [-0.05, 0) is 49.5 Å². The maximum Gasteiger partial charge on any atom is 0.157 e. The van der Waals surface area contributed by atoms with Gasteiger partial charge in [0, 0.05) is 26.2 Å². The minimum Gasteiger partial charge on any atom is -0.504 e. The van der Waals surface area contributed by atoms with Gasteiger partial charge in [-0.25, -0.2) is 0 Å². The lowest BCUT2D eigenvalue weighted by Crippen LogP contribution is -2.31. The number of hydrogen-bond donors (Lipinski definition) is 4. The second kappa shape index (κ2) is 7.90. The number of phenols is 4. The molecule has 130 valence electrons. The van der Waals surface area contributed by atoms with Crippen molar-refractivity contribution in [3.05, 3.63) is 47.5 Å². The van der Waals surface area contributed by atoms with E-state index in [0.717, 1.165) is 24.2 Å². The first kappa shape index (κ1) is 17.9. The summed E-state index contributed by atoms with van der Waals surface area (Å²) in [7, 11) is 3.99. The number of aromatic hydroxyl groups is 4. The maximum atomic E-state index is 9.65. The molecule has 0 aliphatic carbocycles. The molecule has 0 atom stereocenters. The van der Waals surface area contributed by atoms with Crippen molar-refractivity contribution in [1.29, 1.82) is 0 Å². The van der Waals surface area contributed by atoms with Gasteiger partial charge >= 0.3 is 0 Å². The molecule has 0 aliphatic rings. The Kier molecular flexibility index (Phi) is 5.89. The van der Waals surface area contributed by atoms with Crippen molar-refractivity contribution in [3.63, 3.8) is 0 Å². The second-order valence-corrected chi connectivity index (χ2v) is 6.16. The fourth-order valence-corrected chi connectivity index (χ4v) is 2.41. The zero-order valence-electron chi connectivity index (χ0n) is 14.0. The van der Waals surface area contributed by atoms with Gasteiger partial charge in [-0.3, -0.25) is 4.90 Å². The Bertz CT molecular complexity index is 635. The molecule has 0 spiro atoms. The summed E-state index contributed by atoms with van der Waals surface area (Å²) in [4.78, 5) is 4.24. The number of likely N-dealkylation sites (N-methyl/N-ethyl adjacent to an activating group) is 1. The topological polar surface area (TPSA) is 87.4 Å². The van der Waals surface area contributed by atoms with Crippen molar-refractivity contribution in [3.8, 4) is 23.0 Å². The van der Waals surface area contributed by atoms with E-state index in [1.807, 2.05) is 14.1 Å². The number of phenolic OH excluding ortho intramolecular Hbond substituents is 4. The largest absolute Gasteiger partial charge is 0.504 e. The van der Waals surface area contributed by atoms with Crippen LogP contribution in [0.1, 0.15) is 11.1 Å². The van der Waals surface area contributed by atoms with Crippen molar-refractivity contribution in [2.45, 2.75) is 13.1 Å². The molecule has 0 heterocycles. The summed E-state index contributed by atoms with van der Waals surface area (Å²) in [6.07, 6.45) is 0. The molecule has 0 aromatic heterocycles. The molecule has 2 rings (SSSR count). The summed E-state index contributed by atoms with van der Waals surface area (Å²) in [5, 5.41) is 38.1. The van der Waals surface area contributed by atoms with E-state index >= 15 is 0 Å². The normalized spacial score (nSPS) is 11.3. The molecule has 0 bridgehead atoms. The van der Waals surface area contributed by atoms with Gasteiger partial charge in [0.2, 0.25) is 0 Å². The van der Waals surface area contributed by atoms with Crippen LogP contribution in [0.5, 0.6) is 23.0 Å². The third kappa shape index (κ3) is 5.04. The van der Waals surface area contributed by atoms with Crippen LogP contribution in [0.25, 0.3) is 0 Å². The van der Waals surface area contributed by atoms with Crippen LogP contribution >= 0.6 is 0 Å². The smallest absolute Gasteiger partial charge is 0.157 e. The Morgan fingerprint density at radius 1 is 0.667 bits per heavy atom. The first-order chi connectivity index (χ1) is 11.3. The van der Waals surface area contributed by atoms with E-state index in [2.05, 4.69) is 9.80 Å². The first-order valence-corrected chi connectivity index (χ1v) is 7.74. The fraction of sp³-hybridized carbons (Fsp3) is 0.333. The van der Waals surface area contributed by atoms with Crippen molar-refractivity contribution >= 4 is 0 Å². The molecule has 0 saturated carbocycles. The molecule has 24 heavy (non-hydrogen) atoms. The van der Waals surface area contributed by atoms with Crippen LogP contribution in [0.4, 0.5) is 0 Å². The summed E-state index contributed by atoms with van der Waals surface area (Å²) >= 11 is 0. The van der Waals surface area contributed by atoms with Crippen LogP contribution in [0.15, 0.2) is 36.4 Å². The lowest BCUT2D eigenvalue weighted by atomic mass is 10.1. The first-order valence-electron chi connectivity index (χ1n) is 7.74. The Labute approximate surface area is 141 Å². The van der Waals surface area contributed by atoms with Crippen LogP contribution in [0.3, 0.4) is 0 Å². The minimum absolute atomic E-state index is 0.137. The van der Waals surface area contributed by atoms with E-state index in [4.69, 9.17) is 0 Å². The highest BCUT2D eigenvalue weighted by molar-refractivity contribution is 5.41. The number of rotatable bonds is 7. The second-order valence-electron chi connectivity index (χ2n) is 6.16. The molecule has 0 fully saturated rings. The lowest BCUT2D eigenvalue weighted by molar-refractivity contribution is 0.225. The third-order valence-electron chi connectivity index (χ3n) is 3.76. The van der Waals surface area contributed by atoms with Crippen LogP contribution in [-0.4, -0.2) is 57.4 Å². The van der Waals surface area contributed by atoms with Gasteiger partial charge in [0.1, 0.15) is 0 Å². The van der Waals surface area contributed by atoms with Gasteiger partial charge in [-0.2, -0.15) is 0 Å². The Morgan fingerprint density at radius 2 is 1.12 bits per heavy atom. The van der Waals surface area contributed by atoms with Crippen LogP contribution in [0.2, 0.25) is 0 Å². The average molecular weight is 332 g/mol. The van der Waals surface area contributed by atoms with Gasteiger partial charge in [-0.1, -0.05) is 12.1 Å². The third-order valence-corrected chi connectivity index (χ3v) is 3.76. The molecule has 2 aromatic carbocycles. The number of hydrogen-bond acceptors (Lipinski definition) is 6. The highest BCUT2D eigenvalue weighted by Crippen LogP contribution is 2.27. The lowest BCUT2D eigenvalue weighted by Gasteiger charge is -2.24. The minimum atomic E-state index is -0.137. The molecule has 6 heteroatoms. The standard InChI is InChI=1S/C18H24N2O4/c1-19(2)7-8-20(11-13-3-5-15(21)17(23)9-13)12-14-4-6-16(22)18(24)10-14/h3-6,9-10,21-24H,7-8,11-12H2,1-2H3. The van der Waals surface area contributed by atoms with E-state index in [1.165, 1.54) is 12.1 Å². The molecular formula is C18H24N2O4. The summed E-state index contributed by atoms with van der Waals surface area (Å²) in [5.41, 5.74) is 1.76. The van der Waals surface area contributed by atoms with Gasteiger partial charge in [-0.15, -0.1) is 0 Å².